The molecule has 1 aromatic heterocycles. The second-order valence-corrected chi connectivity index (χ2v) is 10.6. The minimum Gasteiger partial charge on any atom is -0.399 e. The summed E-state index contributed by atoms with van der Waals surface area (Å²) in [5, 5.41) is 43.1. The van der Waals surface area contributed by atoms with Gasteiger partial charge in [0.2, 0.25) is 0 Å². The van der Waals surface area contributed by atoms with E-state index in [0.717, 1.165) is 27.8 Å². The molecule has 0 atom stereocenters. The number of nitrogens with zero attached hydrogens (tertiary/aromatic N) is 5. The second-order valence-electron chi connectivity index (χ2n) is 9.64. The lowest BCUT2D eigenvalue weighted by Crippen LogP contribution is -2.00. The molecule has 0 spiro atoms. The van der Waals surface area contributed by atoms with Gasteiger partial charge in [-0.05, 0) is 67.1 Å². The monoisotopic (exact) mass is 827 g/mol. The van der Waals surface area contributed by atoms with E-state index in [1.807, 2.05) is 116 Å². The molecule has 0 aliphatic rings. The number of hydrogen-bond acceptors (Lipinski definition) is 10. The van der Waals surface area contributed by atoms with E-state index < -0.39 is 19.7 Å². The number of rotatable bonds is 6. The lowest BCUT2D eigenvalue weighted by molar-refractivity contribution is -0.394. The Bertz CT molecular complexity index is 1880. The van der Waals surface area contributed by atoms with Crippen molar-refractivity contribution in [1.29, 1.82) is 0 Å². The minimum atomic E-state index is -0.660. The smallest absolute Gasteiger partial charge is 0.283 e. The van der Waals surface area contributed by atoms with Gasteiger partial charge in [0.25, 0.3) is 22.7 Å². The van der Waals surface area contributed by atoms with Crippen LogP contribution in [0.5, 0.6) is 0 Å². The fraction of sp³-hybridized carbons (Fsp3) is 0.282. The number of nitrogen functional groups attached to an aromatic ring is 1. The van der Waals surface area contributed by atoms with Crippen molar-refractivity contribution in [3.05, 3.63) is 159 Å². The molecule has 55 heavy (non-hydrogen) atoms. The van der Waals surface area contributed by atoms with E-state index in [4.69, 9.17) is 5.73 Å². The number of anilines is 1. The molecule has 4 aromatic carbocycles. The van der Waals surface area contributed by atoms with Crippen LogP contribution >= 0.6 is 15.9 Å². The Kier molecular flexibility index (Phi) is 30.3. The predicted molar refractivity (Wildman–Crippen MR) is 229 cm³/mol. The zero-order valence-corrected chi connectivity index (χ0v) is 34.9. The summed E-state index contributed by atoms with van der Waals surface area (Å²) in [4.78, 5) is 44.1. The molecule has 5 rings (SSSR count). The summed E-state index contributed by atoms with van der Waals surface area (Å²) in [5.41, 5.74) is 7.13. The number of nitrogens with one attached hydrogen (secondary N) is 1. The Balaban J connectivity index is -0.000000636. The van der Waals surface area contributed by atoms with E-state index in [2.05, 4.69) is 20.9 Å². The van der Waals surface area contributed by atoms with Gasteiger partial charge in [0.15, 0.2) is 0 Å². The Hall–Kier alpha value is -6.16. The van der Waals surface area contributed by atoms with Crippen LogP contribution in [0.25, 0.3) is 17.0 Å². The lowest BCUT2D eigenvalue weighted by Gasteiger charge is -2.03. The Morgan fingerprint density at radius 1 is 0.636 bits per heavy atom. The van der Waals surface area contributed by atoms with Crippen molar-refractivity contribution >= 4 is 61.3 Å². The molecule has 0 aliphatic carbocycles. The van der Waals surface area contributed by atoms with Crippen molar-refractivity contribution < 1.29 is 19.7 Å². The van der Waals surface area contributed by atoms with Crippen LogP contribution in [0.2, 0.25) is 0 Å². The average molecular weight is 829 g/mol. The van der Waals surface area contributed by atoms with Crippen LogP contribution in [-0.2, 0) is 0 Å². The maximum Gasteiger partial charge on any atom is 0.283 e. The summed E-state index contributed by atoms with van der Waals surface area (Å²) in [5.74, 6) is 0. The summed E-state index contributed by atoms with van der Waals surface area (Å²) in [6.07, 6.45) is 5.07. The number of aromatic amines is 1. The maximum absolute atomic E-state index is 10.8. The average Bonchev–Trinajstić information content (AvgIpc) is 3.66. The van der Waals surface area contributed by atoms with Crippen LogP contribution in [0.3, 0.4) is 0 Å². The van der Waals surface area contributed by atoms with Crippen molar-refractivity contribution in [2.75, 3.05) is 19.8 Å². The van der Waals surface area contributed by atoms with Crippen LogP contribution in [0.15, 0.2) is 108 Å². The van der Waals surface area contributed by atoms with Gasteiger partial charge in [0, 0.05) is 53.7 Å². The lowest BCUT2D eigenvalue weighted by atomic mass is 10.1. The first-order chi connectivity index (χ1) is 26.2. The molecule has 3 N–H and O–H groups in total. The number of aryl methyl sites for hydroxylation is 1. The van der Waals surface area contributed by atoms with Crippen LogP contribution in [0.4, 0.5) is 28.4 Å². The molecule has 5 aromatic rings. The number of halogens is 1. The number of nitro benzene ring substituents is 4. The molecule has 0 saturated carbocycles. The van der Waals surface area contributed by atoms with Gasteiger partial charge < -0.3 is 15.6 Å². The van der Waals surface area contributed by atoms with Crippen molar-refractivity contribution in [3.63, 3.8) is 0 Å². The molecule has 1 heterocycles. The van der Waals surface area contributed by atoms with Crippen LogP contribution < -0.4 is 5.73 Å². The van der Waals surface area contributed by atoms with Gasteiger partial charge in [-0.25, -0.2) is 0 Å². The third-order valence-electron chi connectivity index (χ3n) is 5.89. The third-order valence-corrected chi connectivity index (χ3v) is 6.41. The minimum absolute atomic E-state index is 0.228. The number of hydrogen-bond donors (Lipinski definition) is 2. The van der Waals surface area contributed by atoms with Crippen LogP contribution in [0, 0.1) is 47.4 Å². The second kappa shape index (κ2) is 31.4. The summed E-state index contributed by atoms with van der Waals surface area (Å²) in [6.45, 7) is 17.5. The summed E-state index contributed by atoms with van der Waals surface area (Å²) >= 11 is 3.31. The molecule has 300 valence electrons. The molecule has 16 heteroatoms. The Morgan fingerprint density at radius 3 is 1.56 bits per heavy atom. The zero-order chi connectivity index (χ0) is 43.1. The van der Waals surface area contributed by atoms with E-state index in [-0.39, 0.29) is 22.7 Å². The SMILES string of the molecule is Brc1ccccc1.CC.CC.CC.CC.CN(C)/C=C/c1ccc([N+](=O)[O-])cc1[N+](=O)[O-].Cc1ccc([N+](=O)[O-])cc1[N+](=O)[O-].Nc1ccc2cc[nH]c2c1. The van der Waals surface area contributed by atoms with E-state index >= 15 is 0 Å². The van der Waals surface area contributed by atoms with Crippen molar-refractivity contribution in [1.82, 2.24) is 9.88 Å². The first kappa shape index (κ1) is 53.2. The van der Waals surface area contributed by atoms with Gasteiger partial charge in [-0.15, -0.1) is 0 Å². The number of H-pyrrole nitrogens is 1. The van der Waals surface area contributed by atoms with Gasteiger partial charge in [-0.2, -0.15) is 0 Å². The quantitative estimate of drug-likeness (QED) is 0.0936. The first-order valence-corrected chi connectivity index (χ1v) is 18.2. The summed E-state index contributed by atoms with van der Waals surface area (Å²) < 4.78 is 1.13. The van der Waals surface area contributed by atoms with Crippen molar-refractivity contribution in [2.24, 2.45) is 0 Å². The highest BCUT2D eigenvalue weighted by molar-refractivity contribution is 9.10. The fourth-order valence-electron chi connectivity index (χ4n) is 3.56. The number of fused-ring (bicyclic) bond motifs is 1. The van der Waals surface area contributed by atoms with Crippen LogP contribution in [-0.4, -0.2) is 43.7 Å². The number of nitro groups is 4. The van der Waals surface area contributed by atoms with E-state index in [0.29, 0.717) is 11.1 Å². The Morgan fingerprint density at radius 2 is 1.13 bits per heavy atom. The number of non-ortho nitro benzene ring substituents is 2. The molecule has 0 fully saturated rings. The Labute approximate surface area is 331 Å². The topological polar surface area (TPSA) is 218 Å². The van der Waals surface area contributed by atoms with Crippen molar-refractivity contribution in [3.8, 4) is 0 Å². The number of nitrogens with two attached hydrogens (primary N) is 1. The number of aromatic nitrogens is 1. The molecule has 0 unspecified atom stereocenters. The number of benzene rings is 4. The fourth-order valence-corrected chi connectivity index (χ4v) is 3.87. The van der Waals surface area contributed by atoms with E-state index in [1.54, 1.807) is 25.2 Å². The normalized spacial score (nSPS) is 8.95. The molecule has 0 bridgehead atoms. The van der Waals surface area contributed by atoms with Gasteiger partial charge in [-0.3, -0.25) is 40.5 Å². The highest BCUT2D eigenvalue weighted by Crippen LogP contribution is 2.26. The third kappa shape index (κ3) is 21.8. The molecule has 0 radical (unpaired) electrons. The van der Waals surface area contributed by atoms with Gasteiger partial charge in [-0.1, -0.05) is 95.6 Å². The van der Waals surface area contributed by atoms with Gasteiger partial charge in [0.05, 0.1) is 37.4 Å². The van der Waals surface area contributed by atoms with Crippen LogP contribution in [0.1, 0.15) is 66.5 Å². The molecule has 0 amide bonds. The first-order valence-electron chi connectivity index (χ1n) is 17.4. The van der Waals surface area contributed by atoms with E-state index in [1.165, 1.54) is 42.7 Å². The summed E-state index contributed by atoms with van der Waals surface area (Å²) in [7, 11) is 3.54. The maximum atomic E-state index is 10.8. The molecule has 15 nitrogen and oxygen atoms in total. The standard InChI is InChI=1S/C10H11N3O4.C8H8N2.C7H6N2O4.C6H5Br.4C2H6/c1-11(2)6-5-8-3-4-9(12(14)15)7-10(8)13(16)17;9-7-2-1-6-3-4-10-8(6)5-7;1-5-2-3-6(8(10)11)4-7(5)9(12)13;7-6-4-2-1-3-5-6;4*1-2/h3-7H,1-2H3;1-5,10H,9H2;2-4H,1H3;1-5H;4*1-2H3/b6-5+;;;;;;;. The highest BCUT2D eigenvalue weighted by Gasteiger charge is 2.18. The highest BCUT2D eigenvalue weighted by atomic mass is 79.9. The largest absolute Gasteiger partial charge is 0.399 e. The molecular formula is C39H54BrN7O8. The predicted octanol–water partition coefficient (Wildman–Crippen LogP) is 12.2. The van der Waals surface area contributed by atoms with E-state index in [9.17, 15) is 40.5 Å². The van der Waals surface area contributed by atoms with Gasteiger partial charge in [0.1, 0.15) is 0 Å². The summed E-state index contributed by atoms with van der Waals surface area (Å²) in [6, 6.07) is 24.9. The molecule has 0 aliphatic heterocycles. The van der Waals surface area contributed by atoms with Gasteiger partial charge >= 0.3 is 0 Å². The zero-order valence-electron chi connectivity index (χ0n) is 33.3. The molecule has 0 saturated heterocycles. The molecular weight excluding hydrogens is 774 g/mol. The van der Waals surface area contributed by atoms with Crippen molar-refractivity contribution in [2.45, 2.75) is 62.3 Å².